The summed E-state index contributed by atoms with van der Waals surface area (Å²) < 4.78 is 5.42. The van der Waals surface area contributed by atoms with Gasteiger partial charge < -0.3 is 9.84 Å². The topological polar surface area (TPSA) is 49.8 Å². The number of aliphatic hydroxyl groups is 1. The van der Waals surface area contributed by atoms with Crippen molar-refractivity contribution in [2.24, 2.45) is 0 Å². The second-order valence-electron chi connectivity index (χ2n) is 5.72. The molecule has 0 spiro atoms. The molecule has 0 aromatic heterocycles. The summed E-state index contributed by atoms with van der Waals surface area (Å²) in [7, 11) is 1.65. The van der Waals surface area contributed by atoms with Crippen LogP contribution in [0, 0.1) is 0 Å². The van der Waals surface area contributed by atoms with Crippen LogP contribution in [0.25, 0.3) is 0 Å². The highest BCUT2D eigenvalue weighted by molar-refractivity contribution is 5.94. The average molecular weight is 291 g/mol. The third-order valence-corrected chi connectivity index (χ3v) is 4.29. The quantitative estimate of drug-likeness (QED) is 0.785. The molecular weight excluding hydrogens is 266 g/mol. The maximum absolute atomic E-state index is 11.6. The number of nitrogens with zero attached hydrogens (tertiary/aromatic N) is 1. The Hall–Kier alpha value is -1.39. The first kappa shape index (κ1) is 16.0. The van der Waals surface area contributed by atoms with E-state index in [1.54, 1.807) is 20.1 Å². The van der Waals surface area contributed by atoms with Crippen LogP contribution in [0.2, 0.25) is 0 Å². The van der Waals surface area contributed by atoms with Gasteiger partial charge in [-0.3, -0.25) is 9.69 Å². The maximum Gasteiger partial charge on any atom is 0.159 e. The van der Waals surface area contributed by atoms with Crippen molar-refractivity contribution in [1.82, 2.24) is 4.90 Å². The second kappa shape index (κ2) is 7.57. The minimum absolute atomic E-state index is 0.0634. The molecule has 1 aliphatic carbocycles. The number of benzene rings is 1. The lowest BCUT2D eigenvalue weighted by atomic mass is 10.1. The Balaban J connectivity index is 2.21. The third kappa shape index (κ3) is 4.05. The Kier molecular flexibility index (Phi) is 5.76. The molecule has 21 heavy (non-hydrogen) atoms. The van der Waals surface area contributed by atoms with Crippen molar-refractivity contribution in [3.8, 4) is 5.75 Å². The Morgan fingerprint density at radius 2 is 2.10 bits per heavy atom. The fraction of sp³-hybridized carbons (Fsp3) is 0.588. The zero-order valence-electron chi connectivity index (χ0n) is 13.0. The first-order valence-electron chi connectivity index (χ1n) is 7.68. The lowest BCUT2D eigenvalue weighted by Crippen LogP contribution is -2.35. The lowest BCUT2D eigenvalue weighted by Gasteiger charge is -2.28. The summed E-state index contributed by atoms with van der Waals surface area (Å²) in [6.45, 7) is 3.12. The number of hydrogen-bond donors (Lipinski definition) is 1. The van der Waals surface area contributed by atoms with E-state index in [-0.39, 0.29) is 12.4 Å². The van der Waals surface area contributed by atoms with E-state index in [0.717, 1.165) is 17.9 Å². The number of methoxy groups -OCH3 is 1. The van der Waals surface area contributed by atoms with Crippen LogP contribution < -0.4 is 4.74 Å². The molecule has 1 aliphatic rings. The summed E-state index contributed by atoms with van der Waals surface area (Å²) in [5, 5.41) is 9.32. The molecular formula is C17H25NO3. The molecule has 4 nitrogen and oxygen atoms in total. The Morgan fingerprint density at radius 3 is 2.67 bits per heavy atom. The van der Waals surface area contributed by atoms with Crippen molar-refractivity contribution in [1.29, 1.82) is 0 Å². The summed E-state index contributed by atoms with van der Waals surface area (Å²) in [5.41, 5.74) is 1.73. The van der Waals surface area contributed by atoms with Crippen LogP contribution in [0.15, 0.2) is 18.2 Å². The molecule has 1 saturated carbocycles. The number of ether oxygens (including phenoxy) is 1. The van der Waals surface area contributed by atoms with E-state index in [1.165, 1.54) is 25.7 Å². The maximum atomic E-state index is 11.6. The minimum Gasteiger partial charge on any atom is -0.496 e. The van der Waals surface area contributed by atoms with Gasteiger partial charge in [-0.15, -0.1) is 0 Å². The molecule has 1 aromatic carbocycles. The van der Waals surface area contributed by atoms with E-state index in [2.05, 4.69) is 4.90 Å². The van der Waals surface area contributed by atoms with Gasteiger partial charge in [0, 0.05) is 30.3 Å². The standard InChI is InChI=1S/C17H25NO3/c1-13(20)14-7-8-17(21-2)15(11-14)12-18(9-10-19)16-5-3-4-6-16/h7-8,11,16,19H,3-6,9-10,12H2,1-2H3. The van der Waals surface area contributed by atoms with Crippen LogP contribution in [0.4, 0.5) is 0 Å². The van der Waals surface area contributed by atoms with Gasteiger partial charge in [0.2, 0.25) is 0 Å². The van der Waals surface area contributed by atoms with E-state index < -0.39 is 0 Å². The van der Waals surface area contributed by atoms with Gasteiger partial charge in [-0.05, 0) is 38.0 Å². The van der Waals surface area contributed by atoms with E-state index >= 15 is 0 Å². The smallest absolute Gasteiger partial charge is 0.159 e. The molecule has 116 valence electrons. The largest absolute Gasteiger partial charge is 0.496 e. The molecule has 2 rings (SSSR count). The SMILES string of the molecule is COc1ccc(C(C)=O)cc1CN(CCO)C1CCCC1. The molecule has 0 atom stereocenters. The summed E-state index contributed by atoms with van der Waals surface area (Å²) in [6, 6.07) is 6.11. The number of rotatable bonds is 7. The molecule has 1 aromatic rings. The highest BCUT2D eigenvalue weighted by Gasteiger charge is 2.23. The van der Waals surface area contributed by atoms with Crippen molar-refractivity contribution < 1.29 is 14.6 Å². The van der Waals surface area contributed by atoms with Crippen molar-refractivity contribution in [2.75, 3.05) is 20.3 Å². The molecule has 1 fully saturated rings. The van der Waals surface area contributed by atoms with Crippen molar-refractivity contribution >= 4 is 5.78 Å². The number of hydrogen-bond acceptors (Lipinski definition) is 4. The van der Waals surface area contributed by atoms with Crippen molar-refractivity contribution in [3.63, 3.8) is 0 Å². The number of ketones is 1. The molecule has 4 heteroatoms. The summed E-state index contributed by atoms with van der Waals surface area (Å²) in [4.78, 5) is 13.9. The van der Waals surface area contributed by atoms with Gasteiger partial charge >= 0.3 is 0 Å². The van der Waals surface area contributed by atoms with Crippen LogP contribution in [-0.4, -0.2) is 42.1 Å². The lowest BCUT2D eigenvalue weighted by molar-refractivity contribution is 0.101. The minimum atomic E-state index is 0.0634. The van der Waals surface area contributed by atoms with Crippen LogP contribution in [-0.2, 0) is 6.54 Å². The highest BCUT2D eigenvalue weighted by Crippen LogP contribution is 2.28. The molecule has 0 unspecified atom stereocenters. The predicted octanol–water partition coefficient (Wildman–Crippen LogP) is 2.63. The molecule has 0 bridgehead atoms. The van der Waals surface area contributed by atoms with E-state index in [1.807, 2.05) is 12.1 Å². The fourth-order valence-corrected chi connectivity index (χ4v) is 3.13. The molecule has 0 amide bonds. The second-order valence-corrected chi connectivity index (χ2v) is 5.72. The monoisotopic (exact) mass is 291 g/mol. The third-order valence-electron chi connectivity index (χ3n) is 4.29. The number of aliphatic hydroxyl groups excluding tert-OH is 1. The van der Waals surface area contributed by atoms with Gasteiger partial charge in [-0.1, -0.05) is 12.8 Å². The van der Waals surface area contributed by atoms with E-state index in [4.69, 9.17) is 4.74 Å². The predicted molar refractivity (Wildman–Crippen MR) is 82.8 cm³/mol. The van der Waals surface area contributed by atoms with Crippen LogP contribution in [0.3, 0.4) is 0 Å². The van der Waals surface area contributed by atoms with Crippen LogP contribution in [0.5, 0.6) is 5.75 Å². The Morgan fingerprint density at radius 1 is 1.38 bits per heavy atom. The van der Waals surface area contributed by atoms with Gasteiger partial charge in [0.15, 0.2) is 5.78 Å². The van der Waals surface area contributed by atoms with E-state index in [9.17, 15) is 9.90 Å². The number of Topliss-reactive ketones (excluding diaryl/α,β-unsaturated/α-hetero) is 1. The Bertz CT molecular complexity index is 481. The van der Waals surface area contributed by atoms with Crippen LogP contribution >= 0.6 is 0 Å². The van der Waals surface area contributed by atoms with Gasteiger partial charge in [0.1, 0.15) is 5.75 Å². The Labute approximate surface area is 126 Å². The zero-order valence-corrected chi connectivity index (χ0v) is 13.0. The molecule has 0 radical (unpaired) electrons. The average Bonchev–Trinajstić information content (AvgIpc) is 3.00. The first-order valence-corrected chi connectivity index (χ1v) is 7.68. The van der Waals surface area contributed by atoms with Crippen molar-refractivity contribution in [3.05, 3.63) is 29.3 Å². The van der Waals surface area contributed by atoms with Crippen LogP contribution in [0.1, 0.15) is 48.5 Å². The fourth-order valence-electron chi connectivity index (χ4n) is 3.13. The summed E-state index contributed by atoms with van der Waals surface area (Å²) in [6.07, 6.45) is 4.90. The highest BCUT2D eigenvalue weighted by atomic mass is 16.5. The van der Waals surface area contributed by atoms with Gasteiger partial charge in [0.05, 0.1) is 13.7 Å². The van der Waals surface area contributed by atoms with Gasteiger partial charge in [-0.2, -0.15) is 0 Å². The van der Waals surface area contributed by atoms with Crippen molar-refractivity contribution in [2.45, 2.75) is 45.2 Å². The van der Waals surface area contributed by atoms with Gasteiger partial charge in [-0.25, -0.2) is 0 Å². The van der Waals surface area contributed by atoms with E-state index in [0.29, 0.717) is 18.2 Å². The van der Waals surface area contributed by atoms with Gasteiger partial charge in [0.25, 0.3) is 0 Å². The molecule has 0 saturated heterocycles. The summed E-state index contributed by atoms with van der Waals surface area (Å²) >= 11 is 0. The normalized spacial score (nSPS) is 15.6. The molecule has 0 heterocycles. The molecule has 1 N–H and O–H groups in total. The summed E-state index contributed by atoms with van der Waals surface area (Å²) in [5.74, 6) is 0.870. The molecule has 0 aliphatic heterocycles. The number of carbonyl (C=O) groups is 1. The number of carbonyl (C=O) groups excluding carboxylic acids is 1. The first-order chi connectivity index (χ1) is 10.2. The zero-order chi connectivity index (χ0) is 15.2.